The molecule has 1 aliphatic carbocycles. The Hall–Kier alpha value is -1.07. The van der Waals surface area contributed by atoms with Gasteiger partial charge in [0.25, 0.3) is 0 Å². The van der Waals surface area contributed by atoms with Crippen LogP contribution in [0.1, 0.15) is 37.8 Å². The summed E-state index contributed by atoms with van der Waals surface area (Å²) in [5, 5.41) is 3.07. The van der Waals surface area contributed by atoms with E-state index in [9.17, 15) is 4.79 Å². The zero-order valence-electron chi connectivity index (χ0n) is 11.9. The van der Waals surface area contributed by atoms with Crippen LogP contribution >= 0.6 is 15.9 Å². The number of rotatable bonds is 4. The Morgan fingerprint density at radius 2 is 2.25 bits per heavy atom. The molecule has 0 aliphatic heterocycles. The number of hydrogen-bond donors (Lipinski definition) is 2. The summed E-state index contributed by atoms with van der Waals surface area (Å²) in [4.78, 5) is 12.2. The summed E-state index contributed by atoms with van der Waals surface area (Å²) in [7, 11) is 1.63. The molecule has 1 saturated carbocycles. The van der Waals surface area contributed by atoms with Crippen LogP contribution in [0.15, 0.2) is 22.7 Å². The van der Waals surface area contributed by atoms with Crippen molar-refractivity contribution in [1.82, 2.24) is 5.32 Å². The van der Waals surface area contributed by atoms with Crippen molar-refractivity contribution in [3.63, 3.8) is 0 Å². The number of amides is 1. The van der Waals surface area contributed by atoms with Crippen LogP contribution in [0.2, 0.25) is 0 Å². The van der Waals surface area contributed by atoms with Gasteiger partial charge in [-0.3, -0.25) is 4.79 Å². The monoisotopic (exact) mass is 340 g/mol. The van der Waals surface area contributed by atoms with Gasteiger partial charge < -0.3 is 15.8 Å². The SMILES string of the molecule is COc1ccc(C(C)NC(=O)C2CCC(N)C2)cc1Br. The van der Waals surface area contributed by atoms with Crippen LogP contribution in [0, 0.1) is 5.92 Å². The van der Waals surface area contributed by atoms with Crippen molar-refractivity contribution in [3.8, 4) is 5.75 Å². The average molecular weight is 341 g/mol. The molecule has 2 rings (SSSR count). The van der Waals surface area contributed by atoms with Gasteiger partial charge in [0, 0.05) is 12.0 Å². The largest absolute Gasteiger partial charge is 0.496 e. The topological polar surface area (TPSA) is 64.3 Å². The molecule has 0 saturated heterocycles. The Kier molecular flexibility index (Phi) is 5.05. The molecule has 0 bridgehead atoms. The zero-order valence-corrected chi connectivity index (χ0v) is 13.4. The smallest absolute Gasteiger partial charge is 0.223 e. The normalized spacial score (nSPS) is 23.4. The Balaban J connectivity index is 1.99. The molecule has 3 unspecified atom stereocenters. The predicted molar refractivity (Wildman–Crippen MR) is 82.6 cm³/mol. The van der Waals surface area contributed by atoms with Crippen molar-refractivity contribution in [3.05, 3.63) is 28.2 Å². The molecule has 1 aliphatic rings. The number of nitrogens with one attached hydrogen (secondary N) is 1. The highest BCUT2D eigenvalue weighted by molar-refractivity contribution is 9.10. The fourth-order valence-electron chi connectivity index (χ4n) is 2.62. The van der Waals surface area contributed by atoms with Gasteiger partial charge in [0.15, 0.2) is 0 Å². The maximum absolute atomic E-state index is 12.2. The molecule has 0 heterocycles. The lowest BCUT2D eigenvalue weighted by atomic mass is 10.0. The van der Waals surface area contributed by atoms with Gasteiger partial charge in [-0.15, -0.1) is 0 Å². The van der Waals surface area contributed by atoms with Crippen LogP contribution in [0.25, 0.3) is 0 Å². The first-order valence-corrected chi connectivity index (χ1v) is 7.70. The molecule has 110 valence electrons. The van der Waals surface area contributed by atoms with Gasteiger partial charge >= 0.3 is 0 Å². The van der Waals surface area contributed by atoms with Crippen LogP contribution in [-0.2, 0) is 4.79 Å². The van der Waals surface area contributed by atoms with E-state index < -0.39 is 0 Å². The lowest BCUT2D eigenvalue weighted by Gasteiger charge is -2.18. The number of carbonyl (C=O) groups is 1. The van der Waals surface area contributed by atoms with Crippen LogP contribution in [0.3, 0.4) is 0 Å². The molecule has 1 fully saturated rings. The van der Waals surface area contributed by atoms with E-state index in [4.69, 9.17) is 10.5 Å². The number of carbonyl (C=O) groups excluding carboxylic acids is 1. The van der Waals surface area contributed by atoms with Crippen molar-refractivity contribution in [2.75, 3.05) is 7.11 Å². The first kappa shape index (κ1) is 15.3. The van der Waals surface area contributed by atoms with Gasteiger partial charge in [-0.05, 0) is 59.8 Å². The van der Waals surface area contributed by atoms with E-state index in [2.05, 4.69) is 21.2 Å². The fraction of sp³-hybridized carbons (Fsp3) is 0.533. The Morgan fingerprint density at radius 1 is 1.50 bits per heavy atom. The third-order valence-corrected chi connectivity index (χ3v) is 4.50. The van der Waals surface area contributed by atoms with E-state index in [1.54, 1.807) is 7.11 Å². The van der Waals surface area contributed by atoms with E-state index in [1.165, 1.54) is 0 Å². The number of methoxy groups -OCH3 is 1. The minimum absolute atomic E-state index is 0.0264. The van der Waals surface area contributed by atoms with E-state index in [0.29, 0.717) is 0 Å². The molecule has 1 aromatic rings. The standard InChI is InChI=1S/C15H21BrN2O2/c1-9(10-4-6-14(20-2)13(16)8-10)18-15(19)11-3-5-12(17)7-11/h4,6,8-9,11-12H,3,5,7,17H2,1-2H3,(H,18,19). The van der Waals surface area contributed by atoms with E-state index in [1.807, 2.05) is 25.1 Å². The summed E-state index contributed by atoms with van der Waals surface area (Å²) < 4.78 is 6.10. The van der Waals surface area contributed by atoms with Gasteiger partial charge in [-0.2, -0.15) is 0 Å². The summed E-state index contributed by atoms with van der Waals surface area (Å²) in [5.74, 6) is 0.959. The summed E-state index contributed by atoms with van der Waals surface area (Å²) in [6.07, 6.45) is 2.64. The summed E-state index contributed by atoms with van der Waals surface area (Å²) in [6.45, 7) is 1.99. The zero-order chi connectivity index (χ0) is 14.7. The Labute approximate surface area is 128 Å². The second-order valence-corrected chi connectivity index (χ2v) is 6.25. The van der Waals surface area contributed by atoms with Crippen LogP contribution in [-0.4, -0.2) is 19.1 Å². The Bertz CT molecular complexity index is 493. The van der Waals surface area contributed by atoms with Crippen molar-refractivity contribution < 1.29 is 9.53 Å². The van der Waals surface area contributed by atoms with Crippen LogP contribution in [0.5, 0.6) is 5.75 Å². The van der Waals surface area contributed by atoms with Gasteiger partial charge in [0.05, 0.1) is 17.6 Å². The number of benzene rings is 1. The lowest BCUT2D eigenvalue weighted by Crippen LogP contribution is -2.32. The van der Waals surface area contributed by atoms with Crippen LogP contribution in [0.4, 0.5) is 0 Å². The summed E-state index contributed by atoms with van der Waals surface area (Å²) in [6, 6.07) is 5.99. The van der Waals surface area contributed by atoms with E-state index in [0.717, 1.165) is 35.0 Å². The van der Waals surface area contributed by atoms with Gasteiger partial charge in [-0.1, -0.05) is 6.07 Å². The maximum Gasteiger partial charge on any atom is 0.223 e. The number of ether oxygens (including phenoxy) is 1. The highest BCUT2D eigenvalue weighted by Crippen LogP contribution is 2.29. The average Bonchev–Trinajstić information content (AvgIpc) is 2.85. The molecular weight excluding hydrogens is 320 g/mol. The first-order chi connectivity index (χ1) is 9.51. The van der Waals surface area contributed by atoms with Gasteiger partial charge in [0.1, 0.15) is 5.75 Å². The fourth-order valence-corrected chi connectivity index (χ4v) is 3.18. The molecule has 0 spiro atoms. The first-order valence-electron chi connectivity index (χ1n) is 6.90. The number of halogens is 1. The number of hydrogen-bond acceptors (Lipinski definition) is 3. The lowest BCUT2D eigenvalue weighted by molar-refractivity contribution is -0.125. The van der Waals surface area contributed by atoms with Crippen molar-refractivity contribution >= 4 is 21.8 Å². The minimum Gasteiger partial charge on any atom is -0.496 e. The van der Waals surface area contributed by atoms with E-state index in [-0.39, 0.29) is 23.9 Å². The predicted octanol–water partition coefficient (Wildman–Crippen LogP) is 2.76. The van der Waals surface area contributed by atoms with Gasteiger partial charge in [0.2, 0.25) is 5.91 Å². The third-order valence-electron chi connectivity index (χ3n) is 3.88. The molecule has 1 aromatic carbocycles. The molecule has 5 heteroatoms. The molecule has 3 atom stereocenters. The minimum atomic E-state index is -0.0264. The highest BCUT2D eigenvalue weighted by atomic mass is 79.9. The van der Waals surface area contributed by atoms with Crippen molar-refractivity contribution in [1.29, 1.82) is 0 Å². The second-order valence-electron chi connectivity index (χ2n) is 5.39. The second kappa shape index (κ2) is 6.59. The number of nitrogens with two attached hydrogens (primary N) is 1. The van der Waals surface area contributed by atoms with Crippen LogP contribution < -0.4 is 15.8 Å². The quantitative estimate of drug-likeness (QED) is 0.885. The highest BCUT2D eigenvalue weighted by Gasteiger charge is 2.28. The van der Waals surface area contributed by atoms with Crippen molar-refractivity contribution in [2.24, 2.45) is 11.7 Å². The molecule has 1 amide bonds. The van der Waals surface area contributed by atoms with Crippen molar-refractivity contribution in [2.45, 2.75) is 38.3 Å². The molecular formula is C15H21BrN2O2. The molecule has 0 aromatic heterocycles. The van der Waals surface area contributed by atoms with E-state index >= 15 is 0 Å². The summed E-state index contributed by atoms with van der Waals surface area (Å²) >= 11 is 3.46. The maximum atomic E-state index is 12.2. The van der Waals surface area contributed by atoms with Gasteiger partial charge in [-0.25, -0.2) is 0 Å². The molecule has 4 nitrogen and oxygen atoms in total. The molecule has 0 radical (unpaired) electrons. The summed E-state index contributed by atoms with van der Waals surface area (Å²) in [5.41, 5.74) is 6.91. The molecule has 20 heavy (non-hydrogen) atoms. The molecule has 3 N–H and O–H groups in total. The third kappa shape index (κ3) is 3.52. The Morgan fingerprint density at radius 3 is 2.80 bits per heavy atom.